The number of hydrogen-bond donors (Lipinski definition) is 3. The Kier molecular flexibility index (Phi) is 13.3. The number of nitrogens with one attached hydrogen (secondary N) is 2. The highest BCUT2D eigenvalue weighted by Crippen LogP contribution is 2.42. The van der Waals surface area contributed by atoms with Gasteiger partial charge in [0.15, 0.2) is 11.9 Å². The second-order valence-electron chi connectivity index (χ2n) is 16.6. The number of nitrogens with zero attached hydrogens (tertiary/aromatic N) is 4. The van der Waals surface area contributed by atoms with Crippen LogP contribution in [0.5, 0.6) is 0 Å². The Morgan fingerprint density at radius 2 is 1.80 bits per heavy atom. The van der Waals surface area contributed by atoms with Crippen LogP contribution in [0.3, 0.4) is 0 Å². The summed E-state index contributed by atoms with van der Waals surface area (Å²) in [5, 5.41) is 32.3. The lowest BCUT2D eigenvalue weighted by Crippen LogP contribution is -2.53. The van der Waals surface area contributed by atoms with Crippen molar-refractivity contribution in [2.45, 2.75) is 148 Å². The number of aromatic nitrogens is 3. The van der Waals surface area contributed by atoms with Crippen LogP contribution in [0.2, 0.25) is 0 Å². The number of unbranched alkanes of at least 4 members (excludes halogenated alkanes) is 1. The fourth-order valence-electron chi connectivity index (χ4n) is 6.49. The number of amides is 2. The zero-order valence-corrected chi connectivity index (χ0v) is 32.9. The normalized spacial score (nSPS) is 22.7. The molecule has 1 aliphatic carbocycles. The third-order valence-electron chi connectivity index (χ3n) is 9.52. The van der Waals surface area contributed by atoms with E-state index in [-0.39, 0.29) is 29.4 Å². The number of rotatable bonds is 14. The minimum absolute atomic E-state index is 0.0314. The molecule has 16 nitrogen and oxygen atoms in total. The Bertz CT molecular complexity index is 1700. The zero-order valence-electron chi connectivity index (χ0n) is 32.9. The summed E-state index contributed by atoms with van der Waals surface area (Å²) in [5.41, 5.74) is -4.84. The number of anilines is 1. The van der Waals surface area contributed by atoms with Gasteiger partial charge in [-0.1, -0.05) is 47.0 Å². The molecule has 16 heteroatoms. The maximum atomic E-state index is 13.9. The highest BCUT2D eigenvalue weighted by Gasteiger charge is 2.60. The van der Waals surface area contributed by atoms with Crippen molar-refractivity contribution in [3.05, 3.63) is 24.2 Å². The quantitative estimate of drug-likeness (QED) is 0.135. The smallest absolute Gasteiger partial charge is 0.408 e. The molecule has 3 heterocycles. The van der Waals surface area contributed by atoms with E-state index < -0.39 is 77.1 Å². The van der Waals surface area contributed by atoms with E-state index in [1.165, 1.54) is 16.9 Å². The first-order chi connectivity index (χ1) is 25.2. The number of esters is 2. The van der Waals surface area contributed by atoms with Crippen LogP contribution in [-0.4, -0.2) is 92.4 Å². The van der Waals surface area contributed by atoms with Gasteiger partial charge in [-0.05, 0) is 77.3 Å². The van der Waals surface area contributed by atoms with Crippen LogP contribution in [0.4, 0.5) is 10.6 Å². The third-order valence-corrected chi connectivity index (χ3v) is 9.52. The van der Waals surface area contributed by atoms with Crippen molar-refractivity contribution in [2.24, 2.45) is 11.3 Å². The second-order valence-corrected chi connectivity index (χ2v) is 16.6. The molecule has 2 aromatic rings. The summed E-state index contributed by atoms with van der Waals surface area (Å²) in [6.45, 7) is 15.4. The molecule has 0 radical (unpaired) electrons. The lowest BCUT2D eigenvalue weighted by atomic mass is 9.86. The van der Waals surface area contributed by atoms with Gasteiger partial charge in [0.05, 0.1) is 5.69 Å². The number of alkyl carbamates (subject to hydrolysis) is 1. The van der Waals surface area contributed by atoms with E-state index in [9.17, 15) is 29.5 Å². The molecule has 0 aromatic carbocycles. The van der Waals surface area contributed by atoms with Gasteiger partial charge in [-0.15, -0.1) is 0 Å². The molecule has 0 unspecified atom stereocenters. The summed E-state index contributed by atoms with van der Waals surface area (Å²) in [6, 6.07) is 3.81. The molecule has 54 heavy (non-hydrogen) atoms. The SMILES string of the molecule is CCCCOC(C)(C)C(=O)Nc1ncnn2c([C@]3(C#N)O[C@H](COC(=O)CC4CCCC4)[C@@H](OC(=O)[C@@H](NC(=O)OC(C)(C)C)C(C)(C)C)[C@H]3O)ccc12. The van der Waals surface area contributed by atoms with Gasteiger partial charge in [0, 0.05) is 13.0 Å². The van der Waals surface area contributed by atoms with Crippen molar-refractivity contribution in [1.82, 2.24) is 19.9 Å². The number of aliphatic hydroxyl groups is 1. The molecule has 0 spiro atoms. The predicted molar refractivity (Wildman–Crippen MR) is 195 cm³/mol. The summed E-state index contributed by atoms with van der Waals surface area (Å²) < 4.78 is 30.2. The highest BCUT2D eigenvalue weighted by atomic mass is 16.6. The van der Waals surface area contributed by atoms with Crippen molar-refractivity contribution in [3.63, 3.8) is 0 Å². The number of nitriles is 1. The summed E-state index contributed by atoms with van der Waals surface area (Å²) in [7, 11) is 0. The molecule has 4 rings (SSSR count). The van der Waals surface area contributed by atoms with Gasteiger partial charge in [0.25, 0.3) is 5.91 Å². The average Bonchev–Trinajstić information content (AvgIpc) is 3.81. The predicted octanol–water partition coefficient (Wildman–Crippen LogP) is 4.72. The van der Waals surface area contributed by atoms with Crippen molar-refractivity contribution in [2.75, 3.05) is 18.5 Å². The summed E-state index contributed by atoms with van der Waals surface area (Å²) >= 11 is 0. The van der Waals surface area contributed by atoms with Crippen LogP contribution in [0.1, 0.15) is 113 Å². The molecule has 298 valence electrons. The van der Waals surface area contributed by atoms with Gasteiger partial charge in [-0.3, -0.25) is 9.59 Å². The van der Waals surface area contributed by atoms with Crippen LogP contribution in [0.25, 0.3) is 5.52 Å². The Morgan fingerprint density at radius 3 is 2.41 bits per heavy atom. The number of hydrogen-bond acceptors (Lipinski definition) is 13. The highest BCUT2D eigenvalue weighted by molar-refractivity contribution is 5.98. The van der Waals surface area contributed by atoms with Crippen LogP contribution >= 0.6 is 0 Å². The van der Waals surface area contributed by atoms with Gasteiger partial charge in [0.1, 0.15) is 54.0 Å². The molecule has 1 aliphatic heterocycles. The topological polar surface area (TPSA) is 213 Å². The van der Waals surface area contributed by atoms with Gasteiger partial charge in [0.2, 0.25) is 5.60 Å². The lowest BCUT2D eigenvalue weighted by molar-refractivity contribution is -0.164. The van der Waals surface area contributed by atoms with Gasteiger partial charge < -0.3 is 39.4 Å². The molecular formula is C38H56N6O10. The number of fused-ring (bicyclic) bond motifs is 1. The Morgan fingerprint density at radius 1 is 1.11 bits per heavy atom. The fraction of sp³-hybridized carbons (Fsp3) is 0.711. The molecule has 3 N–H and O–H groups in total. The molecule has 5 atom stereocenters. The first kappa shape index (κ1) is 42.4. The van der Waals surface area contributed by atoms with E-state index in [0.29, 0.717) is 6.61 Å². The zero-order chi connectivity index (χ0) is 40.1. The number of carbonyl (C=O) groups excluding carboxylic acids is 4. The first-order valence-electron chi connectivity index (χ1n) is 18.6. The maximum Gasteiger partial charge on any atom is 0.408 e. The van der Waals surface area contributed by atoms with Gasteiger partial charge in [-0.25, -0.2) is 19.1 Å². The van der Waals surface area contributed by atoms with Gasteiger partial charge >= 0.3 is 18.0 Å². The molecule has 2 aliphatic rings. The van der Waals surface area contributed by atoms with Crippen molar-refractivity contribution >= 4 is 35.3 Å². The van der Waals surface area contributed by atoms with E-state index in [1.807, 2.05) is 13.0 Å². The molecule has 2 amide bonds. The molecule has 2 fully saturated rings. The molecule has 1 saturated heterocycles. The largest absolute Gasteiger partial charge is 0.463 e. The maximum absolute atomic E-state index is 13.9. The van der Waals surface area contributed by atoms with Crippen molar-refractivity contribution < 1.29 is 48.0 Å². The summed E-state index contributed by atoms with van der Waals surface area (Å²) in [4.78, 5) is 57.1. The molecular weight excluding hydrogens is 700 g/mol. The second kappa shape index (κ2) is 17.0. The molecule has 0 bridgehead atoms. The first-order valence-corrected chi connectivity index (χ1v) is 18.6. The molecule has 1 saturated carbocycles. The number of aliphatic hydroxyl groups excluding tert-OH is 1. The summed E-state index contributed by atoms with van der Waals surface area (Å²) in [5.74, 6) is -1.58. The van der Waals surface area contributed by atoms with Crippen LogP contribution in [0.15, 0.2) is 18.5 Å². The van der Waals surface area contributed by atoms with Crippen LogP contribution in [0, 0.1) is 22.7 Å². The lowest BCUT2D eigenvalue weighted by Gasteiger charge is -2.32. The Hall–Kier alpha value is -4.33. The van der Waals surface area contributed by atoms with Crippen molar-refractivity contribution in [1.29, 1.82) is 5.26 Å². The van der Waals surface area contributed by atoms with E-state index >= 15 is 0 Å². The minimum atomic E-state index is -2.21. The van der Waals surface area contributed by atoms with Crippen molar-refractivity contribution in [3.8, 4) is 6.07 Å². The summed E-state index contributed by atoms with van der Waals surface area (Å²) in [6.07, 6.45) is 1.39. The van der Waals surface area contributed by atoms with Crippen LogP contribution < -0.4 is 10.6 Å². The van der Waals surface area contributed by atoms with Gasteiger partial charge in [-0.2, -0.15) is 10.4 Å². The third kappa shape index (κ3) is 10.0. The number of ether oxygens (including phenoxy) is 5. The minimum Gasteiger partial charge on any atom is -0.463 e. The monoisotopic (exact) mass is 756 g/mol. The Balaban J connectivity index is 1.67. The van der Waals surface area contributed by atoms with E-state index in [2.05, 4.69) is 20.7 Å². The fourth-order valence-corrected chi connectivity index (χ4v) is 6.49. The molecule has 2 aromatic heterocycles. The standard InChI is InChI=1S/C38H56N6O10/c1-10-11-18-51-37(8,9)33(48)43-31-24-16-17-26(44(24)41-22-40-31)38(21-39)30(46)28(25(53-38)20-50-27(45)19-23-14-12-13-15-23)52-32(47)29(35(2,3)4)42-34(49)54-36(5,6)7/h16-17,22-23,25,28-30,46H,10-15,18-20H2,1-9H3,(H,42,49)(H,40,41,43,48)/t25-,28-,29-,30-,38+/m1/s1. The van der Waals surface area contributed by atoms with E-state index in [1.54, 1.807) is 61.5 Å². The van der Waals surface area contributed by atoms with Crippen LogP contribution in [-0.2, 0) is 43.7 Å². The van der Waals surface area contributed by atoms with E-state index in [0.717, 1.165) is 38.5 Å². The number of carbonyl (C=O) groups is 4. The van der Waals surface area contributed by atoms with E-state index in [4.69, 9.17) is 23.7 Å². The average molecular weight is 757 g/mol. The Labute approximate surface area is 316 Å².